The van der Waals surface area contributed by atoms with E-state index in [-0.39, 0.29) is 0 Å². The van der Waals surface area contributed by atoms with E-state index in [4.69, 9.17) is 16.3 Å². The van der Waals surface area contributed by atoms with Gasteiger partial charge in [-0.15, -0.1) is 0 Å². The molecular formula is C21H18ClNO2S. The van der Waals surface area contributed by atoms with Crippen LogP contribution in [-0.2, 0) is 17.8 Å². The summed E-state index contributed by atoms with van der Waals surface area (Å²) in [6.45, 7) is 5.56. The van der Waals surface area contributed by atoms with Crippen molar-refractivity contribution in [2.75, 3.05) is 13.6 Å². The summed E-state index contributed by atoms with van der Waals surface area (Å²) < 4.78 is 6.88. The van der Waals surface area contributed by atoms with Gasteiger partial charge in [-0.05, 0) is 36.7 Å². The van der Waals surface area contributed by atoms with Crippen LogP contribution in [0.2, 0.25) is 5.02 Å². The zero-order valence-corrected chi connectivity index (χ0v) is 16.0. The highest BCUT2D eigenvalue weighted by Gasteiger charge is 2.24. The second-order valence-electron chi connectivity index (χ2n) is 6.49. The smallest absolute Gasteiger partial charge is 0.344 e. The molecule has 0 unspecified atom stereocenters. The van der Waals surface area contributed by atoms with E-state index in [2.05, 4.69) is 18.5 Å². The van der Waals surface area contributed by atoms with Gasteiger partial charge in [-0.3, -0.25) is 0 Å². The molecule has 132 valence electrons. The molecule has 0 saturated heterocycles. The minimum atomic E-state index is -0.418. The number of rotatable bonds is 3. The molecule has 0 bridgehead atoms. The van der Waals surface area contributed by atoms with Crippen LogP contribution >= 0.6 is 22.9 Å². The molecule has 3 aromatic rings. The predicted molar refractivity (Wildman–Crippen MR) is 108 cm³/mol. The van der Waals surface area contributed by atoms with E-state index in [9.17, 15) is 4.79 Å². The third-order valence-corrected chi connectivity index (χ3v) is 6.12. The first-order valence-electron chi connectivity index (χ1n) is 8.42. The van der Waals surface area contributed by atoms with E-state index in [1.165, 1.54) is 11.3 Å². The van der Waals surface area contributed by atoms with Crippen molar-refractivity contribution in [2.24, 2.45) is 0 Å². The van der Waals surface area contributed by atoms with Gasteiger partial charge >= 0.3 is 5.97 Å². The highest BCUT2D eigenvalue weighted by atomic mass is 35.5. The van der Waals surface area contributed by atoms with Gasteiger partial charge in [0, 0.05) is 33.8 Å². The minimum absolute atomic E-state index is 0.357. The molecule has 0 spiro atoms. The van der Waals surface area contributed by atoms with Crippen molar-refractivity contribution in [3.05, 3.63) is 70.8 Å². The molecule has 1 aliphatic heterocycles. The number of carbonyl (C=O) groups excluding carboxylic acids is 1. The van der Waals surface area contributed by atoms with Crippen LogP contribution in [0.25, 0.3) is 15.7 Å². The van der Waals surface area contributed by atoms with Gasteiger partial charge in [-0.25, -0.2) is 4.79 Å². The van der Waals surface area contributed by atoms with Crippen molar-refractivity contribution >= 4 is 44.6 Å². The minimum Gasteiger partial charge on any atom is -0.411 e. The lowest BCUT2D eigenvalue weighted by Crippen LogP contribution is -2.19. The molecule has 0 amide bonds. The van der Waals surface area contributed by atoms with E-state index in [1.54, 1.807) is 0 Å². The van der Waals surface area contributed by atoms with Crippen LogP contribution in [0.5, 0.6) is 5.06 Å². The third kappa shape index (κ3) is 3.05. The van der Waals surface area contributed by atoms with E-state index in [0.717, 1.165) is 51.3 Å². The van der Waals surface area contributed by atoms with Gasteiger partial charge in [0.2, 0.25) is 0 Å². The number of benzene rings is 2. The number of nitrogens with zero attached hydrogens (tertiary/aromatic N) is 1. The van der Waals surface area contributed by atoms with Crippen LogP contribution in [0, 0.1) is 0 Å². The van der Waals surface area contributed by atoms with Crippen molar-refractivity contribution in [1.29, 1.82) is 0 Å². The molecule has 0 atom stereocenters. The van der Waals surface area contributed by atoms with Crippen molar-refractivity contribution in [1.82, 2.24) is 4.90 Å². The number of hydrogen-bond acceptors (Lipinski definition) is 4. The number of likely N-dealkylation sites (N-methyl/N-ethyl adjacent to an activating group) is 1. The Bertz CT molecular complexity index is 1010. The molecule has 2 heterocycles. The lowest BCUT2D eigenvalue weighted by Gasteiger charge is -2.14. The normalized spacial score (nSPS) is 14.2. The molecule has 4 rings (SSSR count). The SMILES string of the molecule is C=C(C(=O)Oc1sc2ccc(Cl)c3c2c1CN(C)CC3)c1ccccc1. The number of carbonyl (C=O) groups is 1. The van der Waals surface area contributed by atoms with Crippen molar-refractivity contribution in [3.8, 4) is 5.06 Å². The van der Waals surface area contributed by atoms with Gasteiger partial charge in [-0.2, -0.15) is 0 Å². The summed E-state index contributed by atoms with van der Waals surface area (Å²) in [5, 5.41) is 2.55. The second kappa shape index (κ2) is 6.88. The average Bonchev–Trinajstić information content (AvgIpc) is 2.86. The number of esters is 1. The fourth-order valence-electron chi connectivity index (χ4n) is 3.31. The molecule has 0 radical (unpaired) electrons. The van der Waals surface area contributed by atoms with E-state index in [1.807, 2.05) is 42.5 Å². The van der Waals surface area contributed by atoms with Gasteiger partial charge in [0.05, 0.1) is 5.57 Å². The Labute approximate surface area is 161 Å². The lowest BCUT2D eigenvalue weighted by molar-refractivity contribution is -0.127. The Hall–Kier alpha value is -2.14. The molecule has 5 heteroatoms. The number of hydrogen-bond donors (Lipinski definition) is 0. The van der Waals surface area contributed by atoms with Gasteiger partial charge in [0.1, 0.15) is 0 Å². The molecule has 2 aromatic carbocycles. The Morgan fingerprint density at radius 1 is 1.19 bits per heavy atom. The first kappa shape index (κ1) is 17.3. The summed E-state index contributed by atoms with van der Waals surface area (Å²) in [6, 6.07) is 13.3. The van der Waals surface area contributed by atoms with Crippen molar-refractivity contribution in [3.63, 3.8) is 0 Å². The molecule has 0 aliphatic carbocycles. The van der Waals surface area contributed by atoms with Crippen LogP contribution in [0.15, 0.2) is 49.0 Å². The summed E-state index contributed by atoms with van der Waals surface area (Å²) in [7, 11) is 2.07. The molecular weight excluding hydrogens is 366 g/mol. The number of halogens is 1. The van der Waals surface area contributed by atoms with Crippen LogP contribution < -0.4 is 4.74 Å². The molecule has 3 nitrogen and oxygen atoms in total. The fraction of sp³-hybridized carbons (Fsp3) is 0.190. The highest BCUT2D eigenvalue weighted by Crippen LogP contribution is 2.43. The second-order valence-corrected chi connectivity index (χ2v) is 7.91. The summed E-state index contributed by atoms with van der Waals surface area (Å²) >= 11 is 7.93. The number of ether oxygens (including phenoxy) is 1. The van der Waals surface area contributed by atoms with Crippen LogP contribution in [0.3, 0.4) is 0 Å². The zero-order valence-electron chi connectivity index (χ0n) is 14.4. The fourth-order valence-corrected chi connectivity index (χ4v) is 4.65. The summed E-state index contributed by atoms with van der Waals surface area (Å²) in [5.74, 6) is -0.418. The van der Waals surface area contributed by atoms with Crippen molar-refractivity contribution < 1.29 is 9.53 Å². The molecule has 1 aliphatic rings. The largest absolute Gasteiger partial charge is 0.411 e. The predicted octanol–water partition coefficient (Wildman–Crippen LogP) is 5.16. The highest BCUT2D eigenvalue weighted by molar-refractivity contribution is 7.21. The Morgan fingerprint density at radius 3 is 2.73 bits per heavy atom. The summed E-state index contributed by atoms with van der Waals surface area (Å²) in [6.07, 6.45) is 0.889. The van der Waals surface area contributed by atoms with Crippen LogP contribution in [-0.4, -0.2) is 24.5 Å². The topological polar surface area (TPSA) is 29.5 Å². The molecule has 26 heavy (non-hydrogen) atoms. The first-order chi connectivity index (χ1) is 12.5. The third-order valence-electron chi connectivity index (χ3n) is 4.69. The van der Waals surface area contributed by atoms with Gasteiger partial charge in [0.15, 0.2) is 5.06 Å². The standard InChI is InChI=1S/C21H18ClNO2S/c1-13(14-6-4-3-5-7-14)20(24)25-21-16-12-23(2)11-10-15-17(22)8-9-18(26-21)19(15)16/h3-9H,1,10-12H2,2H3. The van der Waals surface area contributed by atoms with Crippen molar-refractivity contribution in [2.45, 2.75) is 13.0 Å². The molecule has 1 aromatic heterocycles. The maximum absolute atomic E-state index is 12.6. The molecule has 0 saturated carbocycles. The van der Waals surface area contributed by atoms with Crippen LogP contribution in [0.1, 0.15) is 16.7 Å². The van der Waals surface area contributed by atoms with Gasteiger partial charge < -0.3 is 9.64 Å². The Kier molecular flexibility index (Phi) is 4.57. The molecule has 0 fully saturated rings. The summed E-state index contributed by atoms with van der Waals surface area (Å²) in [5.41, 5.74) is 3.31. The van der Waals surface area contributed by atoms with E-state index >= 15 is 0 Å². The Morgan fingerprint density at radius 2 is 1.96 bits per heavy atom. The Balaban J connectivity index is 1.73. The average molecular weight is 384 g/mol. The van der Waals surface area contributed by atoms with Gasteiger partial charge in [0.25, 0.3) is 0 Å². The first-order valence-corrected chi connectivity index (χ1v) is 9.62. The monoisotopic (exact) mass is 383 g/mol. The maximum atomic E-state index is 12.6. The maximum Gasteiger partial charge on any atom is 0.344 e. The molecule has 0 N–H and O–H groups in total. The number of thiophene rings is 1. The van der Waals surface area contributed by atoms with E-state index < -0.39 is 5.97 Å². The zero-order chi connectivity index (χ0) is 18.3. The van der Waals surface area contributed by atoms with E-state index in [0.29, 0.717) is 10.6 Å². The van der Waals surface area contributed by atoms with Crippen LogP contribution in [0.4, 0.5) is 0 Å². The summed E-state index contributed by atoms with van der Waals surface area (Å²) in [4.78, 5) is 14.9. The van der Waals surface area contributed by atoms with Gasteiger partial charge in [-0.1, -0.05) is 59.8 Å². The quantitative estimate of drug-likeness (QED) is 0.462. The lowest BCUT2D eigenvalue weighted by atomic mass is 10.0.